The molecule has 6 heteroatoms. The van der Waals surface area contributed by atoms with E-state index in [0.717, 1.165) is 22.6 Å². The lowest BCUT2D eigenvalue weighted by Gasteiger charge is -2.13. The van der Waals surface area contributed by atoms with Crippen LogP contribution in [-0.2, 0) is 16.2 Å². The van der Waals surface area contributed by atoms with Gasteiger partial charge in [0, 0.05) is 11.4 Å². The second-order valence-corrected chi connectivity index (χ2v) is 8.48. The number of carbonyl (C=O) groups is 2. The minimum absolute atomic E-state index is 0.131. The Bertz CT molecular complexity index is 990. The molecule has 0 spiro atoms. The number of hydrogen-bond acceptors (Lipinski definition) is 4. The first-order valence-corrected chi connectivity index (χ1v) is 11.1. The maximum absolute atomic E-state index is 12.4. The zero-order valence-corrected chi connectivity index (χ0v) is 18.4. The maximum atomic E-state index is 12.4. The molecule has 0 fully saturated rings. The smallest absolute Gasteiger partial charge is 0.237 e. The number of benzene rings is 3. The van der Waals surface area contributed by atoms with Crippen molar-refractivity contribution in [2.24, 2.45) is 0 Å². The molecule has 160 valence electrons. The van der Waals surface area contributed by atoms with E-state index in [0.29, 0.717) is 12.3 Å². The van der Waals surface area contributed by atoms with Crippen molar-refractivity contribution >= 4 is 35.0 Å². The summed E-state index contributed by atoms with van der Waals surface area (Å²) in [7, 11) is 0. The van der Waals surface area contributed by atoms with E-state index >= 15 is 0 Å². The normalized spacial score (nSPS) is 11.4. The lowest BCUT2D eigenvalue weighted by molar-refractivity contribution is -0.115. The Balaban J connectivity index is 1.41. The molecular weight excluding hydrogens is 408 g/mol. The number of ether oxygens (including phenoxy) is 1. The van der Waals surface area contributed by atoms with E-state index in [1.54, 1.807) is 19.1 Å². The number of rotatable bonds is 9. The van der Waals surface area contributed by atoms with Gasteiger partial charge in [-0.25, -0.2) is 0 Å². The summed E-state index contributed by atoms with van der Waals surface area (Å²) in [6.07, 6.45) is 0. The van der Waals surface area contributed by atoms with E-state index in [4.69, 9.17) is 4.74 Å². The van der Waals surface area contributed by atoms with Crippen LogP contribution in [-0.4, -0.2) is 22.8 Å². The summed E-state index contributed by atoms with van der Waals surface area (Å²) in [5, 5.41) is 5.35. The summed E-state index contributed by atoms with van der Waals surface area (Å²) >= 11 is 1.29. The minimum atomic E-state index is -0.363. The molecule has 0 radical (unpaired) electrons. The highest BCUT2D eigenvalue weighted by Gasteiger charge is 2.15. The fourth-order valence-corrected chi connectivity index (χ4v) is 3.41. The van der Waals surface area contributed by atoms with Crippen molar-refractivity contribution in [3.63, 3.8) is 0 Å². The Morgan fingerprint density at radius 2 is 1.48 bits per heavy atom. The SMILES string of the molecule is Cc1ccc(NC(=O)CSC(C)C(=O)Nc2ccc(OCc3ccccc3)cc2)cc1. The number of amides is 2. The van der Waals surface area contributed by atoms with Crippen LogP contribution in [0.4, 0.5) is 11.4 Å². The molecule has 0 aliphatic heterocycles. The molecule has 3 aromatic carbocycles. The third-order valence-electron chi connectivity index (χ3n) is 4.54. The Labute approximate surface area is 187 Å². The minimum Gasteiger partial charge on any atom is -0.489 e. The highest BCUT2D eigenvalue weighted by molar-refractivity contribution is 8.01. The number of aryl methyl sites for hydroxylation is 1. The second-order valence-electron chi connectivity index (χ2n) is 7.16. The van der Waals surface area contributed by atoms with Gasteiger partial charge >= 0.3 is 0 Å². The first-order chi connectivity index (χ1) is 15.0. The molecular formula is C25H26N2O3S. The van der Waals surface area contributed by atoms with E-state index in [1.165, 1.54) is 11.8 Å². The van der Waals surface area contributed by atoms with Crippen LogP contribution in [0.3, 0.4) is 0 Å². The van der Waals surface area contributed by atoms with Crippen LogP contribution in [0, 0.1) is 6.92 Å². The average Bonchev–Trinajstić information content (AvgIpc) is 2.79. The summed E-state index contributed by atoms with van der Waals surface area (Å²) < 4.78 is 5.76. The number of hydrogen-bond donors (Lipinski definition) is 2. The van der Waals surface area contributed by atoms with Gasteiger partial charge in [0.1, 0.15) is 12.4 Å². The molecule has 3 rings (SSSR count). The predicted molar refractivity (Wildman–Crippen MR) is 128 cm³/mol. The van der Waals surface area contributed by atoms with Gasteiger partial charge in [0.25, 0.3) is 0 Å². The molecule has 0 saturated heterocycles. The summed E-state index contributed by atoms with van der Waals surface area (Å²) in [4.78, 5) is 24.5. The maximum Gasteiger partial charge on any atom is 0.237 e. The zero-order chi connectivity index (χ0) is 22.1. The van der Waals surface area contributed by atoms with E-state index in [2.05, 4.69) is 10.6 Å². The molecule has 5 nitrogen and oxygen atoms in total. The molecule has 0 heterocycles. The summed E-state index contributed by atoms with van der Waals surface area (Å²) in [5.41, 5.74) is 3.67. The van der Waals surface area contributed by atoms with E-state index < -0.39 is 0 Å². The first-order valence-electron chi connectivity index (χ1n) is 10.1. The third-order valence-corrected chi connectivity index (χ3v) is 5.68. The molecule has 1 unspecified atom stereocenters. The predicted octanol–water partition coefficient (Wildman–Crippen LogP) is 5.27. The number of carbonyl (C=O) groups excluding carboxylic acids is 2. The van der Waals surface area contributed by atoms with Gasteiger partial charge < -0.3 is 15.4 Å². The first kappa shape index (κ1) is 22.4. The van der Waals surface area contributed by atoms with Gasteiger partial charge in [-0.15, -0.1) is 11.8 Å². The Morgan fingerprint density at radius 1 is 0.871 bits per heavy atom. The molecule has 0 bridgehead atoms. The van der Waals surface area contributed by atoms with Crippen molar-refractivity contribution < 1.29 is 14.3 Å². The van der Waals surface area contributed by atoms with Crippen LogP contribution in [0.25, 0.3) is 0 Å². The van der Waals surface area contributed by atoms with Gasteiger partial charge in [0.15, 0.2) is 0 Å². The molecule has 3 aromatic rings. The van der Waals surface area contributed by atoms with Gasteiger partial charge in [-0.2, -0.15) is 0 Å². The van der Waals surface area contributed by atoms with Crippen LogP contribution in [0.15, 0.2) is 78.9 Å². The van der Waals surface area contributed by atoms with E-state index in [9.17, 15) is 9.59 Å². The Kier molecular flexibility index (Phi) is 8.12. The third kappa shape index (κ3) is 7.50. The standard InChI is InChI=1S/C25H26N2O3S/c1-18-8-10-21(11-9-18)26-24(28)17-31-19(2)25(29)27-22-12-14-23(15-13-22)30-16-20-6-4-3-5-7-20/h3-15,19H,16-17H2,1-2H3,(H,26,28)(H,27,29). The van der Waals surface area contributed by atoms with Crippen LogP contribution in [0.2, 0.25) is 0 Å². The van der Waals surface area contributed by atoms with Gasteiger partial charge in [-0.3, -0.25) is 9.59 Å². The Hall–Kier alpha value is -3.25. The van der Waals surface area contributed by atoms with Crippen molar-refractivity contribution in [2.45, 2.75) is 25.7 Å². The summed E-state index contributed by atoms with van der Waals surface area (Å²) in [5.74, 6) is 0.658. The van der Waals surface area contributed by atoms with Crippen LogP contribution < -0.4 is 15.4 Å². The monoisotopic (exact) mass is 434 g/mol. The fourth-order valence-electron chi connectivity index (χ4n) is 2.73. The van der Waals surface area contributed by atoms with Crippen LogP contribution in [0.1, 0.15) is 18.1 Å². The lowest BCUT2D eigenvalue weighted by Crippen LogP contribution is -2.25. The molecule has 1 atom stereocenters. The van der Waals surface area contributed by atoms with Gasteiger partial charge in [-0.05, 0) is 55.8 Å². The molecule has 31 heavy (non-hydrogen) atoms. The number of anilines is 2. The summed E-state index contributed by atoms with van der Waals surface area (Å²) in [6, 6.07) is 24.8. The highest BCUT2D eigenvalue weighted by Crippen LogP contribution is 2.19. The lowest BCUT2D eigenvalue weighted by atomic mass is 10.2. The van der Waals surface area contributed by atoms with E-state index in [-0.39, 0.29) is 22.8 Å². The fraction of sp³-hybridized carbons (Fsp3) is 0.200. The highest BCUT2D eigenvalue weighted by atomic mass is 32.2. The molecule has 2 N–H and O–H groups in total. The van der Waals surface area contributed by atoms with Crippen molar-refractivity contribution in [1.82, 2.24) is 0 Å². The van der Waals surface area contributed by atoms with Crippen LogP contribution >= 0.6 is 11.8 Å². The topological polar surface area (TPSA) is 67.4 Å². The van der Waals surface area contributed by atoms with Crippen LogP contribution in [0.5, 0.6) is 5.75 Å². The summed E-state index contributed by atoms with van der Waals surface area (Å²) in [6.45, 7) is 4.27. The Morgan fingerprint density at radius 3 is 2.16 bits per heavy atom. The van der Waals surface area contributed by atoms with Gasteiger partial charge in [-0.1, -0.05) is 48.0 Å². The molecule has 2 amide bonds. The molecule has 0 aromatic heterocycles. The largest absolute Gasteiger partial charge is 0.489 e. The van der Waals surface area contributed by atoms with Crippen molar-refractivity contribution in [2.75, 3.05) is 16.4 Å². The number of thioether (sulfide) groups is 1. The molecule has 0 aliphatic carbocycles. The molecule has 0 saturated carbocycles. The average molecular weight is 435 g/mol. The van der Waals surface area contributed by atoms with Crippen molar-refractivity contribution in [3.05, 3.63) is 90.0 Å². The zero-order valence-electron chi connectivity index (χ0n) is 17.6. The van der Waals surface area contributed by atoms with Crippen molar-refractivity contribution in [3.8, 4) is 5.75 Å². The van der Waals surface area contributed by atoms with E-state index in [1.807, 2.05) is 73.7 Å². The van der Waals surface area contributed by atoms with Crippen molar-refractivity contribution in [1.29, 1.82) is 0 Å². The van der Waals surface area contributed by atoms with Gasteiger partial charge in [0.05, 0.1) is 11.0 Å². The quantitative estimate of drug-likeness (QED) is 0.481. The molecule has 0 aliphatic rings. The number of nitrogens with one attached hydrogen (secondary N) is 2. The second kappa shape index (κ2) is 11.2. The van der Waals surface area contributed by atoms with Gasteiger partial charge in [0.2, 0.25) is 11.8 Å².